The third kappa shape index (κ3) is 6.85. The summed E-state index contributed by atoms with van der Waals surface area (Å²) in [6.45, 7) is 8.95. The predicted octanol–water partition coefficient (Wildman–Crippen LogP) is 18.0. The second-order valence-corrected chi connectivity index (χ2v) is 19.5. The molecule has 10 aromatic carbocycles. The molecular weight excluding hydrogens is 875 g/mol. The third-order valence-corrected chi connectivity index (χ3v) is 14.7. The molecule has 0 saturated heterocycles. The monoisotopic (exact) mass is 922 g/mol. The third-order valence-electron chi connectivity index (χ3n) is 14.7. The Morgan fingerprint density at radius 2 is 0.676 bits per heavy atom. The van der Waals surface area contributed by atoms with E-state index in [4.69, 9.17) is 0 Å². The number of anilines is 6. The van der Waals surface area contributed by atoms with Crippen molar-refractivity contribution in [3.05, 3.63) is 252 Å². The highest BCUT2D eigenvalue weighted by Crippen LogP contribution is 2.53. The molecule has 0 amide bonds. The smallest absolute Gasteiger partial charge is 0.123 e. The van der Waals surface area contributed by atoms with Gasteiger partial charge in [0.15, 0.2) is 0 Å². The molecule has 0 unspecified atom stereocenters. The van der Waals surface area contributed by atoms with E-state index in [-0.39, 0.29) is 17.0 Å². The summed E-state index contributed by atoms with van der Waals surface area (Å²) >= 11 is 0. The first-order valence-electron chi connectivity index (χ1n) is 24.2. The topological polar surface area (TPSA) is 16.3 Å². The Bertz CT molecular complexity index is 3790. The highest BCUT2D eigenvalue weighted by molar-refractivity contribution is 6.12. The Balaban J connectivity index is 0.927. The fourth-order valence-corrected chi connectivity index (χ4v) is 11.2. The van der Waals surface area contributed by atoms with Crippen molar-refractivity contribution in [2.24, 2.45) is 0 Å². The van der Waals surface area contributed by atoms with Crippen molar-refractivity contribution >= 4 is 77.7 Å². The van der Waals surface area contributed by atoms with Crippen molar-refractivity contribution in [2.75, 3.05) is 9.80 Å². The zero-order chi connectivity index (χ0) is 48.1. The van der Waals surface area contributed by atoms with Crippen LogP contribution in [0.1, 0.15) is 36.1 Å². The van der Waals surface area contributed by atoms with Crippen LogP contribution >= 0.6 is 0 Å². The van der Waals surface area contributed by atoms with E-state index in [1.54, 1.807) is 0 Å². The standard InChI is InChI=1S/C65H48F2N4/c1-41-13-21-45(22-14-41)68(49-31-35-63-57(37-49)55-9-5-7-11-61(55)70(63)47-25-17-43(66)18-26-47)51-29-33-53-54-34-30-52(40-60(54)65(3,4)59(53)39-51)69(46-23-15-42(2)16-24-46)50-32-36-64-58(38-50)56-10-6-8-12-62(56)71(64)48-27-19-44(67)20-28-48/h5-40H,1-4H3. The Morgan fingerprint density at radius 1 is 0.338 bits per heavy atom. The number of aryl methyl sites for hydroxylation is 2. The van der Waals surface area contributed by atoms with E-state index >= 15 is 0 Å². The van der Waals surface area contributed by atoms with Crippen LogP contribution in [0, 0.1) is 25.5 Å². The molecule has 1 aliphatic rings. The molecule has 342 valence electrons. The summed E-state index contributed by atoms with van der Waals surface area (Å²) < 4.78 is 32.7. The second-order valence-electron chi connectivity index (χ2n) is 19.5. The lowest BCUT2D eigenvalue weighted by Crippen LogP contribution is -2.17. The summed E-state index contributed by atoms with van der Waals surface area (Å²) in [7, 11) is 0. The molecule has 4 nitrogen and oxygen atoms in total. The van der Waals surface area contributed by atoms with Crippen LogP contribution in [0.3, 0.4) is 0 Å². The Kier molecular flexibility index (Phi) is 9.65. The highest BCUT2D eigenvalue weighted by Gasteiger charge is 2.37. The molecule has 13 rings (SSSR count). The summed E-state index contributed by atoms with van der Waals surface area (Å²) in [6, 6.07) is 75.3. The molecule has 0 radical (unpaired) electrons. The Hall–Kier alpha value is -8.74. The van der Waals surface area contributed by atoms with Gasteiger partial charge in [-0.3, -0.25) is 0 Å². The van der Waals surface area contributed by atoms with Crippen LogP contribution in [0.15, 0.2) is 218 Å². The first-order valence-corrected chi connectivity index (χ1v) is 24.2. The minimum absolute atomic E-state index is 0.254. The Morgan fingerprint density at radius 3 is 1.08 bits per heavy atom. The summed E-state index contributed by atoms with van der Waals surface area (Å²) in [6.07, 6.45) is 0. The van der Waals surface area contributed by atoms with Gasteiger partial charge in [0.25, 0.3) is 0 Å². The molecule has 0 aliphatic heterocycles. The minimum Gasteiger partial charge on any atom is -0.310 e. The van der Waals surface area contributed by atoms with Gasteiger partial charge in [-0.05, 0) is 182 Å². The molecule has 6 heteroatoms. The van der Waals surface area contributed by atoms with Gasteiger partial charge in [0.1, 0.15) is 11.6 Å². The quantitative estimate of drug-likeness (QED) is 0.151. The molecule has 2 heterocycles. The van der Waals surface area contributed by atoms with E-state index in [1.807, 2.05) is 24.3 Å². The maximum Gasteiger partial charge on any atom is 0.123 e. The van der Waals surface area contributed by atoms with Gasteiger partial charge in [-0.15, -0.1) is 0 Å². The molecule has 0 atom stereocenters. The SMILES string of the molecule is Cc1ccc(N(c2ccc3c(c2)C(C)(C)c2cc(N(c4ccc(C)cc4)c4ccc5c(c4)c4ccccc4n5-c4ccc(F)cc4)ccc2-3)c2ccc3c(c2)c2ccccc2n3-c2ccc(F)cc2)cc1. The van der Waals surface area contributed by atoms with Crippen LogP contribution in [0.5, 0.6) is 0 Å². The van der Waals surface area contributed by atoms with Gasteiger partial charge in [-0.1, -0.05) is 97.8 Å². The minimum atomic E-state index is -0.340. The number of rotatable bonds is 8. The number of hydrogen-bond donors (Lipinski definition) is 0. The van der Waals surface area contributed by atoms with E-state index in [2.05, 4.69) is 216 Å². The van der Waals surface area contributed by atoms with Gasteiger partial charge in [-0.2, -0.15) is 0 Å². The number of aromatic nitrogens is 2. The predicted molar refractivity (Wildman–Crippen MR) is 291 cm³/mol. The fraction of sp³-hybridized carbons (Fsp3) is 0.0769. The number of benzene rings is 10. The number of halogens is 2. The van der Waals surface area contributed by atoms with Gasteiger partial charge in [0.05, 0.1) is 22.1 Å². The normalized spacial score (nSPS) is 12.8. The first kappa shape index (κ1) is 42.4. The molecular formula is C65H48F2N4. The van der Waals surface area contributed by atoms with Crippen molar-refractivity contribution < 1.29 is 8.78 Å². The van der Waals surface area contributed by atoms with Crippen LogP contribution in [-0.4, -0.2) is 9.13 Å². The molecule has 0 spiro atoms. The molecule has 0 fully saturated rings. The van der Waals surface area contributed by atoms with Gasteiger partial charge in [0.2, 0.25) is 0 Å². The lowest BCUT2D eigenvalue weighted by atomic mass is 9.82. The maximum absolute atomic E-state index is 14.2. The van der Waals surface area contributed by atoms with Crippen molar-refractivity contribution in [3.8, 4) is 22.5 Å². The van der Waals surface area contributed by atoms with Crippen LogP contribution in [0.4, 0.5) is 42.9 Å². The average Bonchev–Trinajstić information content (AvgIpc) is 3.98. The average molecular weight is 923 g/mol. The van der Waals surface area contributed by atoms with Crippen LogP contribution in [-0.2, 0) is 5.41 Å². The summed E-state index contributed by atoms with van der Waals surface area (Å²) in [5.74, 6) is -0.508. The van der Waals surface area contributed by atoms with Crippen molar-refractivity contribution in [2.45, 2.75) is 33.1 Å². The molecule has 1 aliphatic carbocycles. The second kappa shape index (κ2) is 16.2. The van der Waals surface area contributed by atoms with E-state index in [0.717, 1.165) is 89.1 Å². The van der Waals surface area contributed by atoms with Crippen molar-refractivity contribution in [1.29, 1.82) is 0 Å². The van der Waals surface area contributed by atoms with E-state index in [0.29, 0.717) is 0 Å². The Labute approximate surface area is 411 Å². The first-order chi connectivity index (χ1) is 34.6. The molecule has 0 saturated carbocycles. The zero-order valence-corrected chi connectivity index (χ0v) is 39.8. The van der Waals surface area contributed by atoms with E-state index < -0.39 is 0 Å². The van der Waals surface area contributed by atoms with Gasteiger partial charge in [0, 0.05) is 72.5 Å². The van der Waals surface area contributed by atoms with Crippen molar-refractivity contribution in [3.63, 3.8) is 0 Å². The molecule has 71 heavy (non-hydrogen) atoms. The zero-order valence-electron chi connectivity index (χ0n) is 39.8. The van der Waals surface area contributed by atoms with Gasteiger partial charge < -0.3 is 18.9 Å². The largest absolute Gasteiger partial charge is 0.310 e. The van der Waals surface area contributed by atoms with E-state index in [1.165, 1.54) is 57.6 Å². The lowest BCUT2D eigenvalue weighted by Gasteiger charge is -2.29. The molecule has 12 aromatic rings. The molecule has 2 aromatic heterocycles. The van der Waals surface area contributed by atoms with Gasteiger partial charge >= 0.3 is 0 Å². The van der Waals surface area contributed by atoms with E-state index in [9.17, 15) is 8.78 Å². The number of fused-ring (bicyclic) bond motifs is 9. The number of para-hydroxylation sites is 2. The van der Waals surface area contributed by atoms with Crippen LogP contribution in [0.25, 0.3) is 66.1 Å². The number of hydrogen-bond acceptors (Lipinski definition) is 2. The summed E-state index contributed by atoms with van der Waals surface area (Å²) in [5, 5.41) is 4.51. The maximum atomic E-state index is 14.2. The van der Waals surface area contributed by atoms with Crippen molar-refractivity contribution in [1.82, 2.24) is 9.13 Å². The lowest BCUT2D eigenvalue weighted by molar-refractivity contribution is 0.627. The number of nitrogens with zero attached hydrogens (tertiary/aromatic N) is 4. The highest BCUT2D eigenvalue weighted by atomic mass is 19.1. The molecule has 0 bridgehead atoms. The summed E-state index contributed by atoms with van der Waals surface area (Å²) in [5.41, 5.74) is 19.5. The van der Waals surface area contributed by atoms with Crippen LogP contribution in [0.2, 0.25) is 0 Å². The van der Waals surface area contributed by atoms with Gasteiger partial charge in [-0.25, -0.2) is 8.78 Å². The fourth-order valence-electron chi connectivity index (χ4n) is 11.2. The van der Waals surface area contributed by atoms with Crippen LogP contribution < -0.4 is 9.80 Å². The summed E-state index contributed by atoms with van der Waals surface area (Å²) in [4.78, 5) is 4.74. The molecule has 0 N–H and O–H groups in total.